The van der Waals surface area contributed by atoms with Crippen LogP contribution >= 0.6 is 11.8 Å². The molecular weight excluding hydrogens is 236 g/mol. The van der Waals surface area contributed by atoms with Gasteiger partial charge in [-0.15, -0.1) is 5.10 Å². The minimum atomic E-state index is 0.551. The van der Waals surface area contributed by atoms with Gasteiger partial charge in [0.2, 0.25) is 5.89 Å². The molecule has 0 radical (unpaired) electrons. The SMILES string of the molecule is CCCNCc1nnc(NCC2CCSC2)o1. The molecular formula is C11H20N4OS. The van der Waals surface area contributed by atoms with Crippen LogP contribution in [0.1, 0.15) is 25.7 Å². The first-order chi connectivity index (χ1) is 8.38. The van der Waals surface area contributed by atoms with E-state index in [4.69, 9.17) is 4.42 Å². The molecule has 2 N–H and O–H groups in total. The molecule has 1 aliphatic rings. The second-order valence-electron chi connectivity index (χ2n) is 4.29. The average molecular weight is 256 g/mol. The van der Waals surface area contributed by atoms with Crippen LogP contribution in [0.3, 0.4) is 0 Å². The van der Waals surface area contributed by atoms with Gasteiger partial charge in [0.25, 0.3) is 0 Å². The summed E-state index contributed by atoms with van der Waals surface area (Å²) in [5.41, 5.74) is 0. The van der Waals surface area contributed by atoms with Crippen LogP contribution in [0.2, 0.25) is 0 Å². The van der Waals surface area contributed by atoms with E-state index >= 15 is 0 Å². The van der Waals surface area contributed by atoms with Gasteiger partial charge in [0.1, 0.15) is 0 Å². The number of nitrogens with zero attached hydrogens (tertiary/aromatic N) is 2. The van der Waals surface area contributed by atoms with Crippen molar-refractivity contribution in [1.82, 2.24) is 15.5 Å². The highest BCUT2D eigenvalue weighted by Crippen LogP contribution is 2.23. The monoisotopic (exact) mass is 256 g/mol. The van der Waals surface area contributed by atoms with Crippen LogP contribution in [0.15, 0.2) is 4.42 Å². The maximum absolute atomic E-state index is 5.49. The smallest absolute Gasteiger partial charge is 0.315 e. The first kappa shape index (κ1) is 12.7. The maximum Gasteiger partial charge on any atom is 0.315 e. The van der Waals surface area contributed by atoms with Gasteiger partial charge in [0.15, 0.2) is 0 Å². The Bertz CT molecular complexity index is 325. The van der Waals surface area contributed by atoms with Gasteiger partial charge in [-0.2, -0.15) is 11.8 Å². The van der Waals surface area contributed by atoms with Crippen molar-refractivity contribution in [1.29, 1.82) is 0 Å². The largest absolute Gasteiger partial charge is 0.407 e. The van der Waals surface area contributed by atoms with E-state index < -0.39 is 0 Å². The van der Waals surface area contributed by atoms with Gasteiger partial charge >= 0.3 is 6.01 Å². The van der Waals surface area contributed by atoms with Crippen LogP contribution in [-0.2, 0) is 6.54 Å². The number of nitrogens with one attached hydrogen (secondary N) is 2. The van der Waals surface area contributed by atoms with E-state index in [-0.39, 0.29) is 0 Å². The molecule has 1 saturated heterocycles. The van der Waals surface area contributed by atoms with Crippen LogP contribution in [0.5, 0.6) is 0 Å². The Morgan fingerprint density at radius 2 is 2.41 bits per heavy atom. The third-order valence-corrected chi connectivity index (χ3v) is 3.97. The molecule has 0 bridgehead atoms. The van der Waals surface area contributed by atoms with E-state index in [1.54, 1.807) is 0 Å². The van der Waals surface area contributed by atoms with Crippen molar-refractivity contribution in [3.8, 4) is 0 Å². The molecule has 2 rings (SSSR count). The van der Waals surface area contributed by atoms with Gasteiger partial charge in [-0.25, -0.2) is 0 Å². The van der Waals surface area contributed by atoms with Crippen molar-refractivity contribution in [2.24, 2.45) is 5.92 Å². The minimum Gasteiger partial charge on any atom is -0.407 e. The first-order valence-electron chi connectivity index (χ1n) is 6.23. The fourth-order valence-electron chi connectivity index (χ4n) is 1.74. The zero-order chi connectivity index (χ0) is 11.9. The molecule has 17 heavy (non-hydrogen) atoms. The van der Waals surface area contributed by atoms with Gasteiger partial charge in [0, 0.05) is 6.54 Å². The number of rotatable bonds is 7. The van der Waals surface area contributed by atoms with Crippen LogP contribution in [0.4, 0.5) is 6.01 Å². The fraction of sp³-hybridized carbons (Fsp3) is 0.818. The molecule has 0 amide bonds. The Balaban J connectivity index is 1.69. The van der Waals surface area contributed by atoms with Crippen LogP contribution in [0, 0.1) is 5.92 Å². The maximum atomic E-state index is 5.49. The van der Waals surface area contributed by atoms with E-state index in [1.165, 1.54) is 17.9 Å². The Hall–Kier alpha value is -0.750. The molecule has 0 aromatic carbocycles. The summed E-state index contributed by atoms with van der Waals surface area (Å²) in [5, 5.41) is 14.4. The second-order valence-corrected chi connectivity index (χ2v) is 5.44. The number of anilines is 1. The summed E-state index contributed by atoms with van der Waals surface area (Å²) in [6.07, 6.45) is 2.40. The Kier molecular flexibility index (Phi) is 5.12. The molecule has 1 unspecified atom stereocenters. The third-order valence-electron chi connectivity index (χ3n) is 2.74. The summed E-state index contributed by atoms with van der Waals surface area (Å²) in [7, 11) is 0. The summed E-state index contributed by atoms with van der Waals surface area (Å²) in [6, 6.07) is 0.551. The fourth-order valence-corrected chi connectivity index (χ4v) is 3.03. The minimum absolute atomic E-state index is 0.551. The lowest BCUT2D eigenvalue weighted by Gasteiger charge is -2.06. The van der Waals surface area contributed by atoms with Gasteiger partial charge in [-0.05, 0) is 36.8 Å². The highest BCUT2D eigenvalue weighted by atomic mass is 32.2. The molecule has 0 saturated carbocycles. The van der Waals surface area contributed by atoms with Crippen molar-refractivity contribution in [2.45, 2.75) is 26.3 Å². The zero-order valence-electron chi connectivity index (χ0n) is 10.2. The number of hydrogen-bond acceptors (Lipinski definition) is 6. The zero-order valence-corrected chi connectivity index (χ0v) is 11.1. The first-order valence-corrected chi connectivity index (χ1v) is 7.38. The number of aromatic nitrogens is 2. The van der Waals surface area contributed by atoms with Crippen molar-refractivity contribution in [2.75, 3.05) is 29.9 Å². The molecule has 0 aliphatic carbocycles. The molecule has 0 spiro atoms. The molecule has 1 fully saturated rings. The molecule has 2 heterocycles. The number of hydrogen-bond donors (Lipinski definition) is 2. The second kappa shape index (κ2) is 6.86. The average Bonchev–Trinajstić information content (AvgIpc) is 2.98. The third kappa shape index (κ3) is 4.20. The summed E-state index contributed by atoms with van der Waals surface area (Å²) < 4.78 is 5.49. The Morgan fingerprint density at radius 3 is 3.18 bits per heavy atom. The van der Waals surface area contributed by atoms with Crippen molar-refractivity contribution < 1.29 is 4.42 Å². The molecule has 1 aliphatic heterocycles. The van der Waals surface area contributed by atoms with Crippen LogP contribution in [-0.4, -0.2) is 34.8 Å². The van der Waals surface area contributed by atoms with Gasteiger partial charge in [-0.3, -0.25) is 0 Å². The van der Waals surface area contributed by atoms with E-state index in [9.17, 15) is 0 Å². The normalized spacial score (nSPS) is 19.7. The van der Waals surface area contributed by atoms with Crippen molar-refractivity contribution >= 4 is 17.8 Å². The molecule has 6 heteroatoms. The lowest BCUT2D eigenvalue weighted by molar-refractivity contribution is 0.473. The van der Waals surface area contributed by atoms with E-state index in [1.807, 2.05) is 11.8 Å². The lowest BCUT2D eigenvalue weighted by atomic mass is 10.1. The van der Waals surface area contributed by atoms with Gasteiger partial charge in [-0.1, -0.05) is 12.0 Å². The molecule has 1 aromatic rings. The quantitative estimate of drug-likeness (QED) is 0.725. The van der Waals surface area contributed by atoms with Crippen LogP contribution < -0.4 is 10.6 Å². The summed E-state index contributed by atoms with van der Waals surface area (Å²) >= 11 is 2.02. The van der Waals surface area contributed by atoms with E-state index in [0.29, 0.717) is 18.5 Å². The highest BCUT2D eigenvalue weighted by molar-refractivity contribution is 7.99. The molecule has 96 valence electrons. The molecule has 1 atom stereocenters. The summed E-state index contributed by atoms with van der Waals surface area (Å²) in [6.45, 7) is 4.71. The standard InChI is InChI=1S/C11H20N4OS/c1-2-4-12-7-10-14-15-11(16-10)13-6-9-3-5-17-8-9/h9,12H,2-8H2,1H3,(H,13,15). The Labute approximate surface area is 106 Å². The van der Waals surface area contributed by atoms with Crippen molar-refractivity contribution in [3.05, 3.63) is 5.89 Å². The van der Waals surface area contributed by atoms with E-state index in [2.05, 4.69) is 27.8 Å². The predicted octanol–water partition coefficient (Wildman–Crippen LogP) is 1.73. The van der Waals surface area contributed by atoms with Gasteiger partial charge < -0.3 is 15.1 Å². The number of thioether (sulfide) groups is 1. The van der Waals surface area contributed by atoms with E-state index in [0.717, 1.165) is 25.4 Å². The Morgan fingerprint density at radius 1 is 1.47 bits per heavy atom. The highest BCUT2D eigenvalue weighted by Gasteiger charge is 2.16. The lowest BCUT2D eigenvalue weighted by Crippen LogP contribution is -2.14. The molecule has 5 nitrogen and oxygen atoms in total. The van der Waals surface area contributed by atoms with Gasteiger partial charge in [0.05, 0.1) is 6.54 Å². The predicted molar refractivity (Wildman–Crippen MR) is 70.2 cm³/mol. The molecule has 1 aromatic heterocycles. The van der Waals surface area contributed by atoms with Crippen LogP contribution in [0.25, 0.3) is 0 Å². The summed E-state index contributed by atoms with van der Waals surface area (Å²) in [4.78, 5) is 0. The summed E-state index contributed by atoms with van der Waals surface area (Å²) in [5.74, 6) is 3.92. The topological polar surface area (TPSA) is 63.0 Å². The van der Waals surface area contributed by atoms with Crippen molar-refractivity contribution in [3.63, 3.8) is 0 Å².